The minimum absolute atomic E-state index is 0.539. The van der Waals surface area contributed by atoms with Crippen molar-refractivity contribution in [2.75, 3.05) is 6.54 Å². The van der Waals surface area contributed by atoms with Gasteiger partial charge in [0, 0.05) is 10.6 Å². The molecule has 0 bridgehead atoms. The lowest BCUT2D eigenvalue weighted by Gasteiger charge is -2.12. The van der Waals surface area contributed by atoms with Gasteiger partial charge in [0.05, 0.1) is 0 Å². The molecule has 0 saturated carbocycles. The second-order valence-corrected chi connectivity index (χ2v) is 5.27. The minimum atomic E-state index is 0.539. The van der Waals surface area contributed by atoms with Crippen LogP contribution < -0.4 is 10.5 Å². The van der Waals surface area contributed by atoms with Gasteiger partial charge < -0.3 is 10.5 Å². The van der Waals surface area contributed by atoms with Gasteiger partial charge in [-0.1, -0.05) is 48.0 Å². The summed E-state index contributed by atoms with van der Waals surface area (Å²) in [6.07, 6.45) is 0.697. The summed E-state index contributed by atoms with van der Waals surface area (Å²) < 4.78 is 6.01. The molecule has 3 aromatic carbocycles. The third-order valence-corrected chi connectivity index (χ3v) is 3.77. The Hall–Kier alpha value is -2.03. The molecule has 0 spiro atoms. The van der Waals surface area contributed by atoms with Crippen LogP contribution in [0.25, 0.3) is 10.8 Å². The molecule has 0 aromatic heterocycles. The first-order valence-electron chi connectivity index (χ1n) is 6.92. The van der Waals surface area contributed by atoms with Crippen LogP contribution in [0.3, 0.4) is 0 Å². The molecule has 2 N–H and O–H groups in total. The molecular weight excluding hydrogens is 282 g/mol. The fraction of sp³-hybridized carbons (Fsp3) is 0.111. The van der Waals surface area contributed by atoms with Crippen LogP contribution in [0, 0.1) is 0 Å². The Bertz CT molecular complexity index is 770. The molecule has 3 aromatic rings. The third-order valence-electron chi connectivity index (χ3n) is 3.42. The van der Waals surface area contributed by atoms with E-state index in [1.165, 1.54) is 5.39 Å². The van der Waals surface area contributed by atoms with Crippen LogP contribution >= 0.6 is 11.6 Å². The summed E-state index contributed by atoms with van der Waals surface area (Å²) in [4.78, 5) is 0. The summed E-state index contributed by atoms with van der Waals surface area (Å²) >= 11 is 6.23. The predicted molar refractivity (Wildman–Crippen MR) is 88.2 cm³/mol. The number of ether oxygens (including phenoxy) is 1. The van der Waals surface area contributed by atoms with Crippen molar-refractivity contribution >= 4 is 22.4 Å². The van der Waals surface area contributed by atoms with E-state index in [-0.39, 0.29) is 0 Å². The van der Waals surface area contributed by atoms with Crippen LogP contribution in [-0.2, 0) is 6.42 Å². The highest BCUT2D eigenvalue weighted by molar-refractivity contribution is 6.31. The second kappa shape index (κ2) is 6.17. The van der Waals surface area contributed by atoms with Crippen LogP contribution in [0.15, 0.2) is 60.7 Å². The third kappa shape index (κ3) is 3.02. The molecule has 3 heteroatoms. The number of fused-ring (bicyclic) bond motifs is 1. The highest BCUT2D eigenvalue weighted by atomic mass is 35.5. The minimum Gasteiger partial charge on any atom is -0.457 e. The molecule has 0 fully saturated rings. The van der Waals surface area contributed by atoms with Crippen LogP contribution in [0.1, 0.15) is 5.56 Å². The van der Waals surface area contributed by atoms with Gasteiger partial charge in [-0.25, -0.2) is 0 Å². The smallest absolute Gasteiger partial charge is 0.132 e. The van der Waals surface area contributed by atoms with Crippen LogP contribution in [0.4, 0.5) is 0 Å². The van der Waals surface area contributed by atoms with Crippen LogP contribution in [0.2, 0.25) is 5.02 Å². The first-order valence-corrected chi connectivity index (χ1v) is 7.30. The summed E-state index contributed by atoms with van der Waals surface area (Å²) in [5, 5.41) is 3.04. The van der Waals surface area contributed by atoms with Crippen molar-refractivity contribution in [3.05, 3.63) is 71.2 Å². The molecule has 0 radical (unpaired) electrons. The Labute approximate surface area is 129 Å². The van der Waals surface area contributed by atoms with Crippen LogP contribution in [-0.4, -0.2) is 6.54 Å². The first-order chi connectivity index (χ1) is 10.3. The Morgan fingerprint density at radius 2 is 1.71 bits per heavy atom. The molecule has 0 unspecified atom stereocenters. The van der Waals surface area contributed by atoms with E-state index in [0.29, 0.717) is 18.0 Å². The Balaban J connectivity index is 1.96. The van der Waals surface area contributed by atoms with E-state index < -0.39 is 0 Å². The molecule has 0 saturated heterocycles. The molecule has 0 amide bonds. The Morgan fingerprint density at radius 3 is 2.52 bits per heavy atom. The van der Waals surface area contributed by atoms with E-state index in [0.717, 1.165) is 22.4 Å². The fourth-order valence-corrected chi connectivity index (χ4v) is 2.64. The number of nitrogens with two attached hydrogens (primary N) is 1. The van der Waals surface area contributed by atoms with Crippen molar-refractivity contribution in [1.82, 2.24) is 0 Å². The second-order valence-electron chi connectivity index (χ2n) is 4.87. The zero-order chi connectivity index (χ0) is 14.7. The zero-order valence-electron chi connectivity index (χ0n) is 11.6. The molecule has 0 atom stereocenters. The Kier molecular flexibility index (Phi) is 4.09. The number of hydrogen-bond acceptors (Lipinski definition) is 2. The predicted octanol–water partition coefficient (Wildman–Crippen LogP) is 4.79. The molecule has 0 aliphatic rings. The fourth-order valence-electron chi connectivity index (χ4n) is 2.38. The van der Waals surface area contributed by atoms with Gasteiger partial charge >= 0.3 is 0 Å². The van der Waals surface area contributed by atoms with Gasteiger partial charge in [0.25, 0.3) is 0 Å². The van der Waals surface area contributed by atoms with Crippen molar-refractivity contribution < 1.29 is 4.74 Å². The largest absolute Gasteiger partial charge is 0.457 e. The number of rotatable bonds is 4. The SMILES string of the molecule is NCCc1c(Cl)cccc1Oc1ccc2ccccc2c1. The number of benzene rings is 3. The summed E-state index contributed by atoms with van der Waals surface area (Å²) in [5.74, 6) is 1.57. The van der Waals surface area contributed by atoms with E-state index in [1.807, 2.05) is 42.5 Å². The van der Waals surface area contributed by atoms with E-state index in [1.54, 1.807) is 0 Å². The lowest BCUT2D eigenvalue weighted by Crippen LogP contribution is -2.04. The summed E-state index contributed by atoms with van der Waals surface area (Å²) in [6.45, 7) is 0.539. The molecule has 0 aliphatic carbocycles. The van der Waals surface area contributed by atoms with E-state index >= 15 is 0 Å². The maximum absolute atomic E-state index is 6.23. The van der Waals surface area contributed by atoms with Crippen molar-refractivity contribution in [3.8, 4) is 11.5 Å². The van der Waals surface area contributed by atoms with Gasteiger partial charge in [-0.2, -0.15) is 0 Å². The quantitative estimate of drug-likeness (QED) is 0.751. The lowest BCUT2D eigenvalue weighted by molar-refractivity contribution is 0.477. The van der Waals surface area contributed by atoms with Gasteiger partial charge in [0.2, 0.25) is 0 Å². The van der Waals surface area contributed by atoms with Crippen molar-refractivity contribution in [3.63, 3.8) is 0 Å². The van der Waals surface area contributed by atoms with Crippen molar-refractivity contribution in [2.24, 2.45) is 5.73 Å². The lowest BCUT2D eigenvalue weighted by atomic mass is 10.1. The molecule has 106 valence electrons. The molecule has 21 heavy (non-hydrogen) atoms. The highest BCUT2D eigenvalue weighted by Crippen LogP contribution is 2.32. The van der Waals surface area contributed by atoms with Gasteiger partial charge in [-0.15, -0.1) is 0 Å². The molecular formula is C18H16ClNO. The average Bonchev–Trinajstić information content (AvgIpc) is 2.51. The van der Waals surface area contributed by atoms with Gasteiger partial charge in [-0.3, -0.25) is 0 Å². The summed E-state index contributed by atoms with van der Waals surface area (Å²) in [5.41, 5.74) is 6.61. The first kappa shape index (κ1) is 13.9. The summed E-state index contributed by atoms with van der Waals surface area (Å²) in [6, 6.07) is 19.9. The summed E-state index contributed by atoms with van der Waals surface area (Å²) in [7, 11) is 0. The van der Waals surface area contributed by atoms with Gasteiger partial charge in [-0.05, 0) is 48.0 Å². The van der Waals surface area contributed by atoms with Gasteiger partial charge in [0.1, 0.15) is 11.5 Å². The standard InChI is InChI=1S/C18H16ClNO/c19-17-6-3-7-18(16(17)10-11-20)21-15-9-8-13-4-1-2-5-14(13)12-15/h1-9,12H,10-11,20H2. The van der Waals surface area contributed by atoms with Crippen molar-refractivity contribution in [2.45, 2.75) is 6.42 Å². The maximum atomic E-state index is 6.23. The highest BCUT2D eigenvalue weighted by Gasteiger charge is 2.08. The van der Waals surface area contributed by atoms with Crippen molar-refractivity contribution in [1.29, 1.82) is 0 Å². The topological polar surface area (TPSA) is 35.2 Å². The average molecular weight is 298 g/mol. The molecule has 2 nitrogen and oxygen atoms in total. The maximum Gasteiger partial charge on any atom is 0.132 e. The number of hydrogen-bond donors (Lipinski definition) is 1. The molecule has 0 aliphatic heterocycles. The molecule has 0 heterocycles. The zero-order valence-corrected chi connectivity index (χ0v) is 12.3. The van der Waals surface area contributed by atoms with Gasteiger partial charge in [0.15, 0.2) is 0 Å². The van der Waals surface area contributed by atoms with Crippen LogP contribution in [0.5, 0.6) is 11.5 Å². The van der Waals surface area contributed by atoms with E-state index in [4.69, 9.17) is 22.1 Å². The molecule has 3 rings (SSSR count). The van der Waals surface area contributed by atoms with E-state index in [9.17, 15) is 0 Å². The Morgan fingerprint density at radius 1 is 0.905 bits per heavy atom. The normalized spacial score (nSPS) is 10.8. The number of halogens is 1. The van der Waals surface area contributed by atoms with E-state index in [2.05, 4.69) is 18.2 Å². The monoisotopic (exact) mass is 297 g/mol.